The summed E-state index contributed by atoms with van der Waals surface area (Å²) in [6, 6.07) is -0.0939. The van der Waals surface area contributed by atoms with Crippen molar-refractivity contribution in [1.29, 1.82) is 0 Å². The maximum absolute atomic E-state index is 11.9. The third kappa shape index (κ3) is 5.85. The molecule has 1 atom stereocenters. The van der Waals surface area contributed by atoms with Gasteiger partial charge in [-0.15, -0.1) is 0 Å². The van der Waals surface area contributed by atoms with Crippen LogP contribution in [0, 0.1) is 11.8 Å². The minimum atomic E-state index is -0.146. The Hall–Kier alpha value is -0.570. The summed E-state index contributed by atoms with van der Waals surface area (Å²) >= 11 is 0. The van der Waals surface area contributed by atoms with Crippen LogP contribution in [-0.2, 0) is 4.79 Å². The first kappa shape index (κ1) is 15.5. The quantitative estimate of drug-likeness (QED) is 0.810. The van der Waals surface area contributed by atoms with Crippen molar-refractivity contribution in [1.82, 2.24) is 10.6 Å². The number of carbonyl (C=O) groups excluding carboxylic acids is 1. The number of amides is 1. The number of hydrogen-bond donors (Lipinski definition) is 2. The van der Waals surface area contributed by atoms with Crippen molar-refractivity contribution in [2.75, 3.05) is 6.54 Å². The van der Waals surface area contributed by atoms with Crippen LogP contribution in [0.5, 0.6) is 0 Å². The lowest BCUT2D eigenvalue weighted by molar-refractivity contribution is -0.124. The molecule has 1 aliphatic rings. The molecule has 1 aliphatic carbocycles. The molecule has 1 unspecified atom stereocenters. The summed E-state index contributed by atoms with van der Waals surface area (Å²) in [6.45, 7) is 11.3. The van der Waals surface area contributed by atoms with Crippen LogP contribution in [0.3, 0.4) is 0 Å². The van der Waals surface area contributed by atoms with Crippen LogP contribution >= 0.6 is 0 Å². The maximum Gasteiger partial charge on any atom is 0.237 e. The molecule has 2 N–H and O–H groups in total. The third-order valence-electron chi connectivity index (χ3n) is 3.74. The first-order valence-electron chi connectivity index (χ1n) is 7.33. The summed E-state index contributed by atoms with van der Waals surface area (Å²) < 4.78 is 0. The second kappa shape index (κ2) is 6.55. The van der Waals surface area contributed by atoms with Gasteiger partial charge >= 0.3 is 0 Å². The summed E-state index contributed by atoms with van der Waals surface area (Å²) in [5, 5.41) is 6.39. The first-order valence-corrected chi connectivity index (χ1v) is 7.33. The van der Waals surface area contributed by atoms with Crippen molar-refractivity contribution in [2.45, 2.75) is 71.9 Å². The van der Waals surface area contributed by atoms with Crippen molar-refractivity contribution in [3.8, 4) is 0 Å². The van der Waals surface area contributed by atoms with Crippen molar-refractivity contribution >= 4 is 5.91 Å². The third-order valence-corrected chi connectivity index (χ3v) is 3.74. The predicted molar refractivity (Wildman–Crippen MR) is 76.5 cm³/mol. The molecule has 3 nitrogen and oxygen atoms in total. The number of nitrogens with one attached hydrogen (secondary N) is 2. The molecule has 1 saturated carbocycles. The minimum absolute atomic E-state index is 0.0939. The van der Waals surface area contributed by atoms with E-state index in [4.69, 9.17) is 0 Å². The average Bonchev–Trinajstić information content (AvgIpc) is 2.25. The molecule has 1 rings (SSSR count). The topological polar surface area (TPSA) is 41.1 Å². The van der Waals surface area contributed by atoms with Gasteiger partial charge in [-0.2, -0.15) is 0 Å². The lowest BCUT2D eigenvalue weighted by Gasteiger charge is -2.28. The highest BCUT2D eigenvalue weighted by Gasteiger charge is 2.22. The Balaban J connectivity index is 2.24. The maximum atomic E-state index is 11.9. The normalized spacial score (nSPS) is 26.7. The zero-order chi connectivity index (χ0) is 13.8. The molecule has 0 saturated heterocycles. The lowest BCUT2D eigenvalue weighted by Crippen LogP contribution is -2.50. The van der Waals surface area contributed by atoms with E-state index in [0.29, 0.717) is 0 Å². The standard InChI is InChI=1S/C15H30N2O/c1-11-6-8-13(9-7-11)10-16-12(2)14(18)17-15(3,4)5/h11-13,16H,6-10H2,1-5H3,(H,17,18). The summed E-state index contributed by atoms with van der Waals surface area (Å²) in [5.74, 6) is 1.75. The molecule has 0 bridgehead atoms. The fraction of sp³-hybridized carbons (Fsp3) is 0.933. The molecule has 0 aromatic rings. The Labute approximate surface area is 112 Å². The SMILES string of the molecule is CC1CCC(CNC(C)C(=O)NC(C)(C)C)CC1. The Morgan fingerprint density at radius 2 is 1.78 bits per heavy atom. The van der Waals surface area contributed by atoms with Crippen LogP contribution in [0.2, 0.25) is 0 Å². The predicted octanol–water partition coefficient (Wildman–Crippen LogP) is 2.71. The highest BCUT2D eigenvalue weighted by atomic mass is 16.2. The molecule has 0 aromatic heterocycles. The molecule has 0 spiro atoms. The van der Waals surface area contributed by atoms with Crippen LogP contribution in [0.15, 0.2) is 0 Å². The van der Waals surface area contributed by atoms with Gasteiger partial charge < -0.3 is 10.6 Å². The van der Waals surface area contributed by atoms with Gasteiger partial charge in [0.25, 0.3) is 0 Å². The van der Waals surface area contributed by atoms with Crippen LogP contribution < -0.4 is 10.6 Å². The van der Waals surface area contributed by atoms with E-state index in [0.717, 1.165) is 18.4 Å². The molecule has 0 heterocycles. The summed E-state index contributed by atoms with van der Waals surface area (Å²) in [7, 11) is 0. The van der Waals surface area contributed by atoms with Gasteiger partial charge in [-0.05, 0) is 58.9 Å². The molecular weight excluding hydrogens is 224 g/mol. The molecule has 106 valence electrons. The zero-order valence-electron chi connectivity index (χ0n) is 12.7. The molecule has 3 heteroatoms. The Morgan fingerprint density at radius 3 is 2.28 bits per heavy atom. The molecule has 1 fully saturated rings. The summed E-state index contributed by atoms with van der Waals surface area (Å²) in [5.41, 5.74) is -0.146. The van der Waals surface area contributed by atoms with Gasteiger partial charge in [-0.3, -0.25) is 4.79 Å². The number of hydrogen-bond acceptors (Lipinski definition) is 2. The van der Waals surface area contributed by atoms with Gasteiger partial charge in [0.05, 0.1) is 6.04 Å². The molecule has 0 aromatic carbocycles. The van der Waals surface area contributed by atoms with Gasteiger partial charge in [-0.25, -0.2) is 0 Å². The molecule has 0 aliphatic heterocycles. The van der Waals surface area contributed by atoms with Crippen LogP contribution in [-0.4, -0.2) is 24.0 Å². The summed E-state index contributed by atoms with van der Waals surface area (Å²) in [4.78, 5) is 11.9. The van der Waals surface area contributed by atoms with Crippen molar-refractivity contribution in [3.63, 3.8) is 0 Å². The highest BCUT2D eigenvalue weighted by molar-refractivity contribution is 5.81. The van der Waals surface area contributed by atoms with E-state index in [9.17, 15) is 4.79 Å². The second-order valence-corrected chi connectivity index (χ2v) is 7.00. The molecular formula is C15H30N2O. The van der Waals surface area contributed by atoms with Crippen molar-refractivity contribution in [2.24, 2.45) is 11.8 Å². The van der Waals surface area contributed by atoms with Crippen LogP contribution in [0.1, 0.15) is 60.3 Å². The zero-order valence-corrected chi connectivity index (χ0v) is 12.7. The average molecular weight is 254 g/mol. The Morgan fingerprint density at radius 1 is 1.22 bits per heavy atom. The van der Waals surface area contributed by atoms with E-state index in [1.165, 1.54) is 25.7 Å². The van der Waals surface area contributed by atoms with E-state index in [1.807, 2.05) is 27.7 Å². The highest BCUT2D eigenvalue weighted by Crippen LogP contribution is 2.27. The largest absolute Gasteiger partial charge is 0.350 e. The van der Waals surface area contributed by atoms with Gasteiger partial charge in [0, 0.05) is 5.54 Å². The summed E-state index contributed by atoms with van der Waals surface area (Å²) in [6.07, 6.45) is 5.30. The second-order valence-electron chi connectivity index (χ2n) is 7.00. The lowest BCUT2D eigenvalue weighted by atomic mass is 9.83. The van der Waals surface area contributed by atoms with E-state index < -0.39 is 0 Å². The van der Waals surface area contributed by atoms with Crippen LogP contribution in [0.4, 0.5) is 0 Å². The van der Waals surface area contributed by atoms with Crippen molar-refractivity contribution < 1.29 is 4.79 Å². The van der Waals surface area contributed by atoms with E-state index >= 15 is 0 Å². The van der Waals surface area contributed by atoms with Crippen molar-refractivity contribution in [3.05, 3.63) is 0 Å². The van der Waals surface area contributed by atoms with Gasteiger partial charge in [-0.1, -0.05) is 19.8 Å². The van der Waals surface area contributed by atoms with Gasteiger partial charge in [0.1, 0.15) is 0 Å². The smallest absolute Gasteiger partial charge is 0.237 e. The molecule has 1 amide bonds. The molecule has 0 radical (unpaired) electrons. The molecule has 18 heavy (non-hydrogen) atoms. The van der Waals surface area contributed by atoms with Gasteiger partial charge in [0.2, 0.25) is 5.91 Å². The Kier molecular flexibility index (Phi) is 5.64. The van der Waals surface area contributed by atoms with Crippen LogP contribution in [0.25, 0.3) is 0 Å². The monoisotopic (exact) mass is 254 g/mol. The van der Waals surface area contributed by atoms with E-state index in [1.54, 1.807) is 0 Å². The number of carbonyl (C=O) groups is 1. The van der Waals surface area contributed by atoms with E-state index in [-0.39, 0.29) is 17.5 Å². The fourth-order valence-electron chi connectivity index (χ4n) is 2.45. The fourth-order valence-corrected chi connectivity index (χ4v) is 2.45. The first-order chi connectivity index (χ1) is 8.28. The van der Waals surface area contributed by atoms with E-state index in [2.05, 4.69) is 17.6 Å². The Bertz CT molecular complexity index is 262. The minimum Gasteiger partial charge on any atom is -0.350 e. The number of rotatable bonds is 4. The van der Waals surface area contributed by atoms with Gasteiger partial charge in [0.15, 0.2) is 0 Å².